The summed E-state index contributed by atoms with van der Waals surface area (Å²) in [5, 5.41) is 9.47. The molecular formula is C62H40N2O. The first-order chi connectivity index (χ1) is 32.3. The molecule has 0 saturated carbocycles. The van der Waals surface area contributed by atoms with E-state index in [2.05, 4.69) is 252 Å². The third-order valence-corrected chi connectivity index (χ3v) is 13.2. The van der Waals surface area contributed by atoms with Crippen molar-refractivity contribution in [3.05, 3.63) is 243 Å². The third-order valence-electron chi connectivity index (χ3n) is 13.2. The van der Waals surface area contributed by atoms with Gasteiger partial charge in [-0.15, -0.1) is 0 Å². The van der Waals surface area contributed by atoms with Crippen molar-refractivity contribution in [3.63, 3.8) is 0 Å². The third kappa shape index (κ3) is 5.97. The maximum Gasteiger partial charge on any atom is 0.145 e. The molecule has 0 aliphatic rings. The van der Waals surface area contributed by atoms with Gasteiger partial charge in [0.2, 0.25) is 0 Å². The Bertz CT molecular complexity index is 3940. The topological polar surface area (TPSA) is 21.3 Å². The van der Waals surface area contributed by atoms with Crippen LogP contribution in [0.4, 0.5) is 17.1 Å². The van der Waals surface area contributed by atoms with Crippen molar-refractivity contribution in [2.24, 2.45) is 0 Å². The Balaban J connectivity index is 1.05. The molecule has 0 radical (unpaired) electrons. The van der Waals surface area contributed by atoms with Crippen molar-refractivity contribution in [1.82, 2.24) is 4.57 Å². The predicted octanol–water partition coefficient (Wildman–Crippen LogP) is 17.5. The first-order valence-electron chi connectivity index (χ1n) is 22.3. The molecule has 0 spiro atoms. The summed E-state index contributed by atoms with van der Waals surface area (Å²) in [7, 11) is 0. The van der Waals surface area contributed by atoms with Gasteiger partial charge in [0.1, 0.15) is 11.2 Å². The van der Waals surface area contributed by atoms with Crippen molar-refractivity contribution in [2.45, 2.75) is 0 Å². The van der Waals surface area contributed by atoms with Gasteiger partial charge < -0.3 is 13.9 Å². The molecule has 0 saturated heterocycles. The van der Waals surface area contributed by atoms with E-state index in [4.69, 9.17) is 4.42 Å². The maximum atomic E-state index is 6.96. The lowest BCUT2D eigenvalue weighted by molar-refractivity contribution is 0.670. The number of para-hydroxylation sites is 3. The predicted molar refractivity (Wildman–Crippen MR) is 274 cm³/mol. The van der Waals surface area contributed by atoms with E-state index in [9.17, 15) is 0 Å². The average molecular weight is 829 g/mol. The number of aromatic nitrogens is 1. The molecule has 304 valence electrons. The van der Waals surface area contributed by atoms with Crippen molar-refractivity contribution in [3.8, 4) is 39.1 Å². The number of benzene rings is 11. The second-order valence-electron chi connectivity index (χ2n) is 16.8. The van der Waals surface area contributed by atoms with Gasteiger partial charge in [-0.3, -0.25) is 0 Å². The molecule has 13 aromatic rings. The second-order valence-corrected chi connectivity index (χ2v) is 16.8. The van der Waals surface area contributed by atoms with E-state index in [-0.39, 0.29) is 0 Å². The van der Waals surface area contributed by atoms with Gasteiger partial charge in [0.05, 0.1) is 22.1 Å². The van der Waals surface area contributed by atoms with Gasteiger partial charge in [0.25, 0.3) is 0 Å². The molecule has 3 nitrogen and oxygen atoms in total. The van der Waals surface area contributed by atoms with Crippen LogP contribution in [0.3, 0.4) is 0 Å². The molecule has 0 amide bonds. The van der Waals surface area contributed by atoms with Crippen LogP contribution in [0, 0.1) is 0 Å². The van der Waals surface area contributed by atoms with Crippen LogP contribution in [0.15, 0.2) is 247 Å². The first kappa shape index (κ1) is 36.9. The number of fused-ring (bicyclic) bond motifs is 8. The standard InChI is InChI=1S/C62H40N2O/c1-2-21-45(22-3-1)64-56-31-10-8-26-54(56)60-51(29-15-32-57(60)64)44-20-12-23-47(40-44)63(46-36-34-43(35-37-46)49-28-13-18-41-16-4-6-24-48(41)49)58-39-38-53(52-30-14-19-42-17-5-7-25-50(42)52)62-61(58)55-27-9-11-33-59(55)65-62/h1-40H. The molecule has 11 aromatic carbocycles. The minimum atomic E-state index is 0.859. The summed E-state index contributed by atoms with van der Waals surface area (Å²) in [6, 6.07) is 87.6. The van der Waals surface area contributed by atoms with E-state index in [1.165, 1.54) is 60.0 Å². The number of hydrogen-bond donors (Lipinski definition) is 0. The van der Waals surface area contributed by atoms with Gasteiger partial charge in [-0.05, 0) is 116 Å². The SMILES string of the molecule is c1ccc(-n2c3ccccc3c3c(-c4cccc(N(c5ccc(-c6cccc7ccccc67)cc5)c5ccc(-c6cccc7ccccc67)c6oc7ccccc7c56)c4)cccc32)cc1. The lowest BCUT2D eigenvalue weighted by atomic mass is 9.95. The summed E-state index contributed by atoms with van der Waals surface area (Å²) in [6.07, 6.45) is 0. The van der Waals surface area contributed by atoms with Crippen molar-refractivity contribution >= 4 is 82.4 Å². The number of furan rings is 1. The normalized spacial score (nSPS) is 11.7. The zero-order valence-corrected chi connectivity index (χ0v) is 35.4. The molecule has 0 atom stereocenters. The van der Waals surface area contributed by atoms with E-state index >= 15 is 0 Å². The highest BCUT2D eigenvalue weighted by Gasteiger charge is 2.24. The summed E-state index contributed by atoms with van der Waals surface area (Å²) >= 11 is 0. The van der Waals surface area contributed by atoms with Gasteiger partial charge in [0.15, 0.2) is 0 Å². The number of anilines is 3. The van der Waals surface area contributed by atoms with E-state index in [0.29, 0.717) is 0 Å². The van der Waals surface area contributed by atoms with Crippen LogP contribution in [0.25, 0.3) is 104 Å². The molecule has 0 aliphatic heterocycles. The van der Waals surface area contributed by atoms with Gasteiger partial charge in [-0.2, -0.15) is 0 Å². The molecular weight excluding hydrogens is 789 g/mol. The van der Waals surface area contributed by atoms with E-state index in [0.717, 1.165) is 61.4 Å². The number of rotatable bonds is 7. The van der Waals surface area contributed by atoms with E-state index in [1.54, 1.807) is 0 Å². The highest BCUT2D eigenvalue weighted by molar-refractivity contribution is 6.19. The van der Waals surface area contributed by atoms with Crippen molar-refractivity contribution < 1.29 is 4.42 Å². The van der Waals surface area contributed by atoms with Gasteiger partial charge in [0, 0.05) is 38.8 Å². The summed E-state index contributed by atoms with van der Waals surface area (Å²) in [5.41, 5.74) is 15.3. The first-order valence-corrected chi connectivity index (χ1v) is 22.3. The molecule has 0 bridgehead atoms. The lowest BCUT2D eigenvalue weighted by Crippen LogP contribution is -2.10. The largest absolute Gasteiger partial charge is 0.455 e. The van der Waals surface area contributed by atoms with Crippen molar-refractivity contribution in [1.29, 1.82) is 0 Å². The monoisotopic (exact) mass is 828 g/mol. The van der Waals surface area contributed by atoms with Crippen LogP contribution >= 0.6 is 0 Å². The highest BCUT2D eigenvalue weighted by Crippen LogP contribution is 2.48. The molecule has 2 heterocycles. The molecule has 0 N–H and O–H groups in total. The fraction of sp³-hybridized carbons (Fsp3) is 0. The Hall–Kier alpha value is -8.66. The molecule has 2 aromatic heterocycles. The summed E-state index contributed by atoms with van der Waals surface area (Å²) in [4.78, 5) is 2.42. The minimum Gasteiger partial charge on any atom is -0.455 e. The molecule has 13 rings (SSSR count). The molecule has 65 heavy (non-hydrogen) atoms. The Kier molecular flexibility index (Phi) is 8.53. The van der Waals surface area contributed by atoms with Crippen LogP contribution in [-0.2, 0) is 0 Å². The van der Waals surface area contributed by atoms with E-state index in [1.807, 2.05) is 0 Å². The Morgan fingerprint density at radius 1 is 0.338 bits per heavy atom. The zero-order chi connectivity index (χ0) is 42.8. The van der Waals surface area contributed by atoms with E-state index < -0.39 is 0 Å². The Morgan fingerprint density at radius 3 is 1.74 bits per heavy atom. The van der Waals surface area contributed by atoms with Crippen LogP contribution in [-0.4, -0.2) is 4.57 Å². The quantitative estimate of drug-likeness (QED) is 0.160. The number of nitrogens with zero attached hydrogens (tertiary/aromatic N) is 2. The maximum absolute atomic E-state index is 6.96. The van der Waals surface area contributed by atoms with Gasteiger partial charge in [-0.25, -0.2) is 0 Å². The van der Waals surface area contributed by atoms with Crippen LogP contribution in [0.1, 0.15) is 0 Å². The van der Waals surface area contributed by atoms with Crippen LogP contribution in [0.5, 0.6) is 0 Å². The zero-order valence-electron chi connectivity index (χ0n) is 35.4. The smallest absolute Gasteiger partial charge is 0.145 e. The fourth-order valence-electron chi connectivity index (χ4n) is 10.3. The van der Waals surface area contributed by atoms with Crippen LogP contribution in [0.2, 0.25) is 0 Å². The fourth-order valence-corrected chi connectivity index (χ4v) is 10.3. The summed E-state index contributed by atoms with van der Waals surface area (Å²) in [5.74, 6) is 0. The number of hydrogen-bond acceptors (Lipinski definition) is 2. The Morgan fingerprint density at radius 2 is 0.938 bits per heavy atom. The Labute approximate surface area is 376 Å². The second kappa shape index (κ2) is 15.0. The van der Waals surface area contributed by atoms with Gasteiger partial charge >= 0.3 is 0 Å². The molecule has 0 fully saturated rings. The van der Waals surface area contributed by atoms with Gasteiger partial charge in [-0.1, -0.05) is 176 Å². The van der Waals surface area contributed by atoms with Crippen molar-refractivity contribution in [2.75, 3.05) is 4.90 Å². The van der Waals surface area contributed by atoms with Crippen LogP contribution < -0.4 is 4.90 Å². The lowest BCUT2D eigenvalue weighted by Gasteiger charge is -2.27. The highest BCUT2D eigenvalue weighted by atomic mass is 16.3. The average Bonchev–Trinajstić information content (AvgIpc) is 3.94. The molecule has 3 heteroatoms. The summed E-state index contributed by atoms with van der Waals surface area (Å²) < 4.78 is 9.35. The minimum absolute atomic E-state index is 0.859. The molecule has 0 unspecified atom stereocenters. The summed E-state index contributed by atoms with van der Waals surface area (Å²) in [6.45, 7) is 0. The molecule has 0 aliphatic carbocycles.